The van der Waals surface area contributed by atoms with Gasteiger partial charge in [0.1, 0.15) is 17.1 Å². The molecule has 0 heterocycles. The Labute approximate surface area is 128 Å². The summed E-state index contributed by atoms with van der Waals surface area (Å²) in [7, 11) is 2.70. The molecule has 0 radical (unpaired) electrons. The Bertz CT molecular complexity index is 567. The number of halogens is 1. The van der Waals surface area contributed by atoms with Crippen molar-refractivity contribution in [2.45, 2.75) is 37.6 Å². The predicted octanol–water partition coefficient (Wildman–Crippen LogP) is 2.44. The van der Waals surface area contributed by atoms with Gasteiger partial charge in [0.25, 0.3) is 5.91 Å². The van der Waals surface area contributed by atoms with Gasteiger partial charge in [-0.25, -0.2) is 9.18 Å². The van der Waals surface area contributed by atoms with Gasteiger partial charge < -0.3 is 14.8 Å². The predicted molar refractivity (Wildman–Crippen MR) is 78.3 cm³/mol. The Kier molecular flexibility index (Phi) is 5.00. The highest BCUT2D eigenvalue weighted by molar-refractivity contribution is 6.00. The van der Waals surface area contributed by atoms with E-state index in [0.717, 1.165) is 25.3 Å². The zero-order valence-corrected chi connectivity index (χ0v) is 12.8. The van der Waals surface area contributed by atoms with Crippen molar-refractivity contribution in [1.29, 1.82) is 0 Å². The van der Waals surface area contributed by atoms with E-state index in [-0.39, 0.29) is 11.3 Å². The minimum Gasteiger partial charge on any atom is -0.496 e. The summed E-state index contributed by atoms with van der Waals surface area (Å²) in [4.78, 5) is 24.6. The summed E-state index contributed by atoms with van der Waals surface area (Å²) < 4.78 is 23.4. The molecule has 1 fully saturated rings. The van der Waals surface area contributed by atoms with Gasteiger partial charge in [0, 0.05) is 0 Å². The average Bonchev–Trinajstić information content (AvgIpc) is 2.54. The molecule has 1 aromatic carbocycles. The second kappa shape index (κ2) is 6.77. The molecule has 5 nitrogen and oxygen atoms in total. The molecule has 1 N–H and O–H groups in total. The first-order valence-corrected chi connectivity index (χ1v) is 7.27. The molecule has 0 bridgehead atoms. The van der Waals surface area contributed by atoms with Crippen LogP contribution in [0, 0.1) is 5.82 Å². The van der Waals surface area contributed by atoms with Gasteiger partial charge in [0.2, 0.25) is 0 Å². The van der Waals surface area contributed by atoms with Crippen LogP contribution in [0.2, 0.25) is 0 Å². The van der Waals surface area contributed by atoms with Crippen molar-refractivity contribution in [1.82, 2.24) is 5.32 Å². The van der Waals surface area contributed by atoms with Gasteiger partial charge in [-0.05, 0) is 31.0 Å². The molecular weight excluding hydrogens is 289 g/mol. The molecule has 1 saturated carbocycles. The number of methoxy groups -OCH3 is 2. The van der Waals surface area contributed by atoms with E-state index in [9.17, 15) is 14.0 Å². The first-order valence-electron chi connectivity index (χ1n) is 7.27. The molecule has 120 valence electrons. The molecule has 1 aliphatic carbocycles. The second-order valence-electron chi connectivity index (χ2n) is 5.43. The third-order valence-electron chi connectivity index (χ3n) is 4.04. The number of rotatable bonds is 4. The lowest BCUT2D eigenvalue weighted by molar-refractivity contribution is -0.149. The van der Waals surface area contributed by atoms with E-state index in [0.29, 0.717) is 12.8 Å². The van der Waals surface area contributed by atoms with Crippen LogP contribution in [0.15, 0.2) is 18.2 Å². The zero-order chi connectivity index (χ0) is 16.2. The molecule has 1 aromatic rings. The lowest BCUT2D eigenvalue weighted by atomic mass is 9.81. The van der Waals surface area contributed by atoms with Crippen LogP contribution in [0.3, 0.4) is 0 Å². The van der Waals surface area contributed by atoms with Crippen molar-refractivity contribution in [3.05, 3.63) is 29.6 Å². The number of carbonyl (C=O) groups excluding carboxylic acids is 2. The standard InChI is InChI=1S/C16H20FNO4/c1-21-13-7-6-11(17)10-12(13)14(19)18-16(15(20)22-2)8-4-3-5-9-16/h6-7,10H,3-5,8-9H2,1-2H3,(H,18,19). The Morgan fingerprint density at radius 3 is 2.45 bits per heavy atom. The number of amides is 1. The monoisotopic (exact) mass is 309 g/mol. The number of ether oxygens (including phenoxy) is 2. The summed E-state index contributed by atoms with van der Waals surface area (Å²) in [6.07, 6.45) is 3.70. The van der Waals surface area contributed by atoms with Crippen molar-refractivity contribution >= 4 is 11.9 Å². The quantitative estimate of drug-likeness (QED) is 0.868. The molecule has 1 aliphatic rings. The van der Waals surface area contributed by atoms with Crippen LogP contribution < -0.4 is 10.1 Å². The third-order valence-corrected chi connectivity index (χ3v) is 4.04. The van der Waals surface area contributed by atoms with Gasteiger partial charge in [-0.1, -0.05) is 19.3 Å². The Balaban J connectivity index is 2.28. The van der Waals surface area contributed by atoms with Crippen LogP contribution in [-0.4, -0.2) is 31.6 Å². The minimum atomic E-state index is -1.04. The van der Waals surface area contributed by atoms with Crippen molar-refractivity contribution in [2.24, 2.45) is 0 Å². The number of esters is 1. The van der Waals surface area contributed by atoms with Crippen LogP contribution in [0.25, 0.3) is 0 Å². The van der Waals surface area contributed by atoms with Crippen LogP contribution >= 0.6 is 0 Å². The normalized spacial score (nSPS) is 16.7. The zero-order valence-electron chi connectivity index (χ0n) is 12.8. The van der Waals surface area contributed by atoms with Gasteiger partial charge in [0.15, 0.2) is 0 Å². The van der Waals surface area contributed by atoms with Gasteiger partial charge in [0.05, 0.1) is 19.8 Å². The summed E-state index contributed by atoms with van der Waals surface area (Å²) in [6, 6.07) is 3.70. The molecule has 0 aliphatic heterocycles. The van der Waals surface area contributed by atoms with Crippen LogP contribution in [0.1, 0.15) is 42.5 Å². The minimum absolute atomic E-state index is 0.0661. The molecule has 0 spiro atoms. The highest BCUT2D eigenvalue weighted by Crippen LogP contribution is 2.30. The number of hydrogen-bond donors (Lipinski definition) is 1. The first kappa shape index (κ1) is 16.3. The maximum absolute atomic E-state index is 13.4. The Hall–Kier alpha value is -2.11. The van der Waals surface area contributed by atoms with E-state index in [2.05, 4.69) is 5.32 Å². The van der Waals surface area contributed by atoms with E-state index in [1.807, 2.05) is 0 Å². The van der Waals surface area contributed by atoms with Crippen molar-refractivity contribution in [2.75, 3.05) is 14.2 Å². The number of nitrogens with one attached hydrogen (secondary N) is 1. The maximum atomic E-state index is 13.4. The van der Waals surface area contributed by atoms with Crippen LogP contribution in [0.5, 0.6) is 5.75 Å². The molecule has 1 amide bonds. The third kappa shape index (κ3) is 3.21. The molecule has 0 aromatic heterocycles. The van der Waals surface area contributed by atoms with Crippen molar-refractivity contribution in [3.8, 4) is 5.75 Å². The Morgan fingerprint density at radius 1 is 1.18 bits per heavy atom. The van der Waals surface area contributed by atoms with E-state index in [1.54, 1.807) is 0 Å². The fourth-order valence-electron chi connectivity index (χ4n) is 2.87. The molecule has 22 heavy (non-hydrogen) atoms. The van der Waals surface area contributed by atoms with E-state index in [1.165, 1.54) is 26.4 Å². The van der Waals surface area contributed by atoms with E-state index in [4.69, 9.17) is 9.47 Å². The molecule has 0 unspecified atom stereocenters. The summed E-state index contributed by atoms with van der Waals surface area (Å²) in [5.74, 6) is -1.28. The van der Waals surface area contributed by atoms with Gasteiger partial charge in [-0.2, -0.15) is 0 Å². The topological polar surface area (TPSA) is 64.6 Å². The van der Waals surface area contributed by atoms with Crippen LogP contribution in [0.4, 0.5) is 4.39 Å². The van der Waals surface area contributed by atoms with Gasteiger partial charge in [-0.15, -0.1) is 0 Å². The summed E-state index contributed by atoms with van der Waals surface area (Å²) in [5.41, 5.74) is -0.974. The molecular formula is C16H20FNO4. The van der Waals surface area contributed by atoms with Crippen molar-refractivity contribution in [3.63, 3.8) is 0 Å². The van der Waals surface area contributed by atoms with Gasteiger partial charge in [-0.3, -0.25) is 4.79 Å². The maximum Gasteiger partial charge on any atom is 0.331 e. The first-order chi connectivity index (χ1) is 10.5. The number of carbonyl (C=O) groups is 2. The SMILES string of the molecule is COC(=O)C1(NC(=O)c2cc(F)ccc2OC)CCCCC1. The van der Waals surface area contributed by atoms with Gasteiger partial charge >= 0.3 is 5.97 Å². The number of hydrogen-bond acceptors (Lipinski definition) is 4. The van der Waals surface area contributed by atoms with Crippen LogP contribution in [-0.2, 0) is 9.53 Å². The number of benzene rings is 1. The summed E-state index contributed by atoms with van der Waals surface area (Å²) in [6.45, 7) is 0. The molecule has 0 atom stereocenters. The van der Waals surface area contributed by atoms with Crippen molar-refractivity contribution < 1.29 is 23.5 Å². The van der Waals surface area contributed by atoms with E-state index < -0.39 is 23.2 Å². The fourth-order valence-corrected chi connectivity index (χ4v) is 2.87. The highest BCUT2D eigenvalue weighted by atomic mass is 19.1. The molecule has 0 saturated heterocycles. The fraction of sp³-hybridized carbons (Fsp3) is 0.500. The lowest BCUT2D eigenvalue weighted by Gasteiger charge is -2.35. The Morgan fingerprint density at radius 2 is 1.86 bits per heavy atom. The second-order valence-corrected chi connectivity index (χ2v) is 5.43. The lowest BCUT2D eigenvalue weighted by Crippen LogP contribution is -2.56. The highest BCUT2D eigenvalue weighted by Gasteiger charge is 2.42. The summed E-state index contributed by atoms with van der Waals surface area (Å²) >= 11 is 0. The molecule has 6 heteroatoms. The summed E-state index contributed by atoms with van der Waals surface area (Å²) in [5, 5.41) is 2.74. The van der Waals surface area contributed by atoms with E-state index >= 15 is 0 Å². The molecule has 2 rings (SSSR count). The smallest absolute Gasteiger partial charge is 0.331 e. The largest absolute Gasteiger partial charge is 0.496 e. The average molecular weight is 309 g/mol.